The standard InChI is InChI=1S/C20H10Cl2IN3O4/c21-11-5-10(19(27)17(6-11)26(28)29)9-24-13-2-4-18-16(8-13)25-20(30-18)14-7-12(23)1-3-15(14)22/h1-9,27H. The number of oxazole rings is 1. The molecule has 4 aromatic rings. The number of aliphatic imine (C=N–C) groups is 1. The Kier molecular flexibility index (Phi) is 5.63. The molecule has 1 N–H and O–H groups in total. The monoisotopic (exact) mass is 553 g/mol. The summed E-state index contributed by atoms with van der Waals surface area (Å²) >= 11 is 14.3. The second-order valence-electron chi connectivity index (χ2n) is 6.17. The number of nitro groups is 1. The Balaban J connectivity index is 1.70. The molecule has 4 rings (SSSR count). The van der Waals surface area contributed by atoms with Crippen molar-refractivity contribution in [1.82, 2.24) is 4.98 Å². The van der Waals surface area contributed by atoms with Crippen molar-refractivity contribution in [2.45, 2.75) is 0 Å². The van der Waals surface area contributed by atoms with Gasteiger partial charge in [-0.1, -0.05) is 23.2 Å². The van der Waals surface area contributed by atoms with E-state index >= 15 is 0 Å². The second-order valence-corrected chi connectivity index (χ2v) is 8.26. The third-order valence-corrected chi connectivity index (χ3v) is 5.38. The van der Waals surface area contributed by atoms with Crippen molar-refractivity contribution in [3.05, 3.63) is 77.8 Å². The van der Waals surface area contributed by atoms with Crippen LogP contribution in [0, 0.1) is 13.7 Å². The van der Waals surface area contributed by atoms with Crippen molar-refractivity contribution in [2.75, 3.05) is 0 Å². The molecule has 0 saturated heterocycles. The number of rotatable bonds is 4. The highest BCUT2D eigenvalue weighted by molar-refractivity contribution is 14.1. The van der Waals surface area contributed by atoms with Gasteiger partial charge < -0.3 is 9.52 Å². The Morgan fingerprint density at radius 1 is 1.17 bits per heavy atom. The van der Waals surface area contributed by atoms with Crippen molar-refractivity contribution >= 4 is 74.5 Å². The van der Waals surface area contributed by atoms with Crippen LogP contribution < -0.4 is 0 Å². The molecule has 0 aliphatic heterocycles. The zero-order chi connectivity index (χ0) is 21.4. The molecular formula is C20H10Cl2IN3O4. The van der Waals surface area contributed by atoms with Gasteiger partial charge in [-0.25, -0.2) is 4.98 Å². The predicted octanol–water partition coefficient (Wildman–Crippen LogP) is 6.77. The Labute approximate surface area is 193 Å². The van der Waals surface area contributed by atoms with Crippen LogP contribution in [0.25, 0.3) is 22.6 Å². The van der Waals surface area contributed by atoms with E-state index < -0.39 is 16.4 Å². The highest BCUT2D eigenvalue weighted by Crippen LogP contribution is 2.34. The van der Waals surface area contributed by atoms with E-state index in [2.05, 4.69) is 32.6 Å². The van der Waals surface area contributed by atoms with Crippen LogP contribution in [-0.2, 0) is 0 Å². The van der Waals surface area contributed by atoms with Crippen LogP contribution >= 0.6 is 45.8 Å². The van der Waals surface area contributed by atoms with Crippen molar-refractivity contribution in [1.29, 1.82) is 0 Å². The fourth-order valence-corrected chi connectivity index (χ4v) is 3.67. The van der Waals surface area contributed by atoms with Crippen molar-refractivity contribution in [2.24, 2.45) is 4.99 Å². The Bertz CT molecular complexity index is 1340. The van der Waals surface area contributed by atoms with Gasteiger partial charge in [0.15, 0.2) is 5.58 Å². The summed E-state index contributed by atoms with van der Waals surface area (Å²) in [6, 6.07) is 13.1. The summed E-state index contributed by atoms with van der Waals surface area (Å²) in [6.45, 7) is 0. The summed E-state index contributed by atoms with van der Waals surface area (Å²) in [7, 11) is 0. The number of nitro benzene ring substituents is 1. The van der Waals surface area contributed by atoms with E-state index in [0.29, 0.717) is 33.3 Å². The van der Waals surface area contributed by atoms with Crippen LogP contribution in [0.15, 0.2) is 57.9 Å². The summed E-state index contributed by atoms with van der Waals surface area (Å²) in [4.78, 5) is 19.1. The molecule has 0 atom stereocenters. The number of nitrogens with zero attached hydrogens (tertiary/aromatic N) is 3. The van der Waals surface area contributed by atoms with Crippen LogP contribution in [0.1, 0.15) is 5.56 Å². The van der Waals surface area contributed by atoms with E-state index in [1.165, 1.54) is 12.3 Å². The van der Waals surface area contributed by atoms with Crippen LogP contribution in [0.4, 0.5) is 11.4 Å². The molecule has 0 amide bonds. The molecule has 0 fully saturated rings. The van der Waals surface area contributed by atoms with Crippen LogP contribution in [-0.4, -0.2) is 21.2 Å². The molecule has 0 radical (unpaired) electrons. The fourth-order valence-electron chi connectivity index (χ4n) is 2.76. The molecule has 0 saturated carbocycles. The normalized spacial score (nSPS) is 11.4. The van der Waals surface area contributed by atoms with Gasteiger partial charge in [0.1, 0.15) is 5.52 Å². The van der Waals surface area contributed by atoms with Gasteiger partial charge in [-0.05, 0) is 65.1 Å². The first-order valence-electron chi connectivity index (χ1n) is 8.39. The number of aromatic nitrogens is 1. The number of aromatic hydroxyl groups is 1. The zero-order valence-electron chi connectivity index (χ0n) is 14.8. The van der Waals surface area contributed by atoms with Gasteiger partial charge >= 0.3 is 5.69 Å². The molecular weight excluding hydrogens is 544 g/mol. The largest absolute Gasteiger partial charge is 0.502 e. The topological polar surface area (TPSA) is 102 Å². The molecule has 7 nitrogen and oxygen atoms in total. The summed E-state index contributed by atoms with van der Waals surface area (Å²) in [5.41, 5.74) is 1.95. The SMILES string of the molecule is O=[N+]([O-])c1cc(Cl)cc(C=Nc2ccc3oc(-c4cc(I)ccc4Cl)nc3c2)c1O. The van der Waals surface area contributed by atoms with E-state index in [-0.39, 0.29) is 10.6 Å². The van der Waals surface area contributed by atoms with E-state index in [4.69, 9.17) is 27.6 Å². The molecule has 0 aliphatic rings. The number of halogens is 3. The summed E-state index contributed by atoms with van der Waals surface area (Å²) in [6.07, 6.45) is 1.30. The van der Waals surface area contributed by atoms with Gasteiger partial charge in [0.05, 0.1) is 21.2 Å². The summed E-state index contributed by atoms with van der Waals surface area (Å²) < 4.78 is 6.80. The lowest BCUT2D eigenvalue weighted by Gasteiger charge is -2.01. The first-order valence-corrected chi connectivity index (χ1v) is 10.2. The van der Waals surface area contributed by atoms with Gasteiger partial charge in [0, 0.05) is 26.4 Å². The van der Waals surface area contributed by atoms with Crippen molar-refractivity contribution in [3.8, 4) is 17.2 Å². The van der Waals surface area contributed by atoms with E-state index in [9.17, 15) is 15.2 Å². The van der Waals surface area contributed by atoms with E-state index in [1.807, 2.05) is 12.1 Å². The average molecular weight is 554 g/mol. The Morgan fingerprint density at radius 2 is 1.97 bits per heavy atom. The lowest BCUT2D eigenvalue weighted by Crippen LogP contribution is -1.92. The molecule has 1 heterocycles. The predicted molar refractivity (Wildman–Crippen MR) is 124 cm³/mol. The van der Waals surface area contributed by atoms with E-state index in [1.54, 1.807) is 24.3 Å². The van der Waals surface area contributed by atoms with Crippen LogP contribution in [0.2, 0.25) is 10.0 Å². The quantitative estimate of drug-likeness (QED) is 0.130. The number of fused-ring (bicyclic) bond motifs is 1. The molecule has 150 valence electrons. The molecule has 0 bridgehead atoms. The molecule has 0 aliphatic carbocycles. The third kappa shape index (κ3) is 4.11. The van der Waals surface area contributed by atoms with Crippen LogP contribution in [0.5, 0.6) is 5.75 Å². The van der Waals surface area contributed by atoms with Crippen LogP contribution in [0.3, 0.4) is 0 Å². The number of hydrogen-bond acceptors (Lipinski definition) is 6. The van der Waals surface area contributed by atoms with Gasteiger partial charge in [-0.3, -0.25) is 15.1 Å². The van der Waals surface area contributed by atoms with E-state index in [0.717, 1.165) is 9.64 Å². The number of phenols is 1. The van der Waals surface area contributed by atoms with Gasteiger partial charge in [0.2, 0.25) is 11.6 Å². The molecule has 30 heavy (non-hydrogen) atoms. The minimum absolute atomic E-state index is 0.118. The Hall–Kier alpha value is -2.69. The molecule has 10 heteroatoms. The third-order valence-electron chi connectivity index (χ3n) is 4.16. The average Bonchev–Trinajstić information content (AvgIpc) is 3.13. The smallest absolute Gasteiger partial charge is 0.312 e. The maximum Gasteiger partial charge on any atom is 0.312 e. The van der Waals surface area contributed by atoms with Crippen molar-refractivity contribution < 1.29 is 14.4 Å². The maximum atomic E-state index is 11.0. The minimum atomic E-state index is -0.711. The summed E-state index contributed by atoms with van der Waals surface area (Å²) in [5, 5.41) is 21.7. The second kappa shape index (κ2) is 8.21. The molecule has 1 aromatic heterocycles. The number of benzene rings is 3. The van der Waals surface area contributed by atoms with Gasteiger partial charge in [0.25, 0.3) is 0 Å². The highest BCUT2D eigenvalue weighted by Gasteiger charge is 2.18. The summed E-state index contributed by atoms with van der Waals surface area (Å²) in [5.74, 6) is -0.121. The van der Waals surface area contributed by atoms with Gasteiger partial charge in [-0.15, -0.1) is 0 Å². The number of hydrogen-bond donors (Lipinski definition) is 1. The number of phenolic OH excluding ortho intramolecular Hbond substituents is 1. The first-order chi connectivity index (χ1) is 14.3. The lowest BCUT2D eigenvalue weighted by atomic mass is 10.2. The minimum Gasteiger partial charge on any atom is -0.502 e. The highest BCUT2D eigenvalue weighted by atomic mass is 127. The zero-order valence-corrected chi connectivity index (χ0v) is 18.5. The first kappa shape index (κ1) is 20.6. The molecule has 3 aromatic carbocycles. The molecule has 0 unspecified atom stereocenters. The maximum absolute atomic E-state index is 11.0. The Morgan fingerprint density at radius 3 is 2.73 bits per heavy atom. The fraction of sp³-hybridized carbons (Fsp3) is 0. The van der Waals surface area contributed by atoms with Crippen molar-refractivity contribution in [3.63, 3.8) is 0 Å². The molecule has 0 spiro atoms. The lowest BCUT2D eigenvalue weighted by molar-refractivity contribution is -0.385. The van der Waals surface area contributed by atoms with Gasteiger partial charge in [-0.2, -0.15) is 0 Å².